The van der Waals surface area contributed by atoms with Gasteiger partial charge in [0, 0.05) is 18.3 Å². The van der Waals surface area contributed by atoms with Crippen LogP contribution in [-0.4, -0.2) is 27.6 Å². The lowest BCUT2D eigenvalue weighted by Gasteiger charge is -2.09. The highest BCUT2D eigenvalue weighted by Crippen LogP contribution is 2.27. The van der Waals surface area contributed by atoms with Gasteiger partial charge in [0.2, 0.25) is 0 Å². The number of ether oxygens (including phenoxy) is 1. The van der Waals surface area contributed by atoms with Gasteiger partial charge in [-0.2, -0.15) is 5.10 Å². The highest BCUT2D eigenvalue weighted by atomic mass is 16.5. The number of carbonyl (C=O) groups is 1. The summed E-state index contributed by atoms with van der Waals surface area (Å²) in [6.07, 6.45) is 1.63. The predicted molar refractivity (Wildman–Crippen MR) is 112 cm³/mol. The van der Waals surface area contributed by atoms with E-state index >= 15 is 0 Å². The second-order valence-electron chi connectivity index (χ2n) is 6.85. The minimum Gasteiger partial charge on any atom is -0.497 e. The zero-order valence-electron chi connectivity index (χ0n) is 16.6. The van der Waals surface area contributed by atoms with E-state index in [0.717, 1.165) is 39.5 Å². The van der Waals surface area contributed by atoms with Gasteiger partial charge in [0.05, 0.1) is 24.1 Å². The molecule has 2 aromatic carbocycles. The molecule has 4 rings (SSSR count). The average Bonchev–Trinajstić information content (AvgIpc) is 3.10. The van der Waals surface area contributed by atoms with Crippen molar-refractivity contribution in [2.75, 3.05) is 7.11 Å². The highest BCUT2D eigenvalue weighted by Gasteiger charge is 2.18. The largest absolute Gasteiger partial charge is 0.497 e. The number of fused-ring (bicyclic) bond motifs is 1. The summed E-state index contributed by atoms with van der Waals surface area (Å²) in [5, 5.41) is 7.58. The van der Waals surface area contributed by atoms with Gasteiger partial charge >= 0.3 is 0 Å². The molecular formula is C23H22N4O2. The number of amides is 1. The minimum absolute atomic E-state index is 0.179. The zero-order chi connectivity index (χ0) is 20.4. The van der Waals surface area contributed by atoms with Crippen molar-refractivity contribution < 1.29 is 9.53 Å². The lowest BCUT2D eigenvalue weighted by atomic mass is 10.1. The summed E-state index contributed by atoms with van der Waals surface area (Å²) in [5.74, 6) is 0.607. The van der Waals surface area contributed by atoms with Crippen LogP contribution in [0.15, 0.2) is 60.8 Å². The van der Waals surface area contributed by atoms with Crippen LogP contribution in [0.5, 0.6) is 5.75 Å². The van der Waals surface area contributed by atoms with Crippen molar-refractivity contribution in [3.05, 3.63) is 83.3 Å². The van der Waals surface area contributed by atoms with Crippen molar-refractivity contribution >= 4 is 11.6 Å². The maximum absolute atomic E-state index is 12.8. The van der Waals surface area contributed by atoms with E-state index in [2.05, 4.69) is 15.4 Å². The van der Waals surface area contributed by atoms with E-state index in [9.17, 15) is 4.79 Å². The van der Waals surface area contributed by atoms with E-state index in [4.69, 9.17) is 4.74 Å². The first-order chi connectivity index (χ1) is 14.1. The molecule has 0 saturated heterocycles. The molecule has 0 atom stereocenters. The summed E-state index contributed by atoms with van der Waals surface area (Å²) >= 11 is 0. The molecule has 0 radical (unpaired) electrons. The van der Waals surface area contributed by atoms with Crippen molar-refractivity contribution in [2.24, 2.45) is 0 Å². The molecule has 0 saturated carbocycles. The average molecular weight is 386 g/mol. The third kappa shape index (κ3) is 3.57. The maximum atomic E-state index is 12.8. The minimum atomic E-state index is -0.179. The molecule has 0 aliphatic heterocycles. The van der Waals surface area contributed by atoms with Gasteiger partial charge < -0.3 is 10.1 Å². The van der Waals surface area contributed by atoms with Crippen LogP contribution in [0.3, 0.4) is 0 Å². The van der Waals surface area contributed by atoms with E-state index in [-0.39, 0.29) is 5.91 Å². The molecule has 0 aliphatic rings. The molecule has 0 aliphatic carbocycles. The van der Waals surface area contributed by atoms with E-state index in [1.165, 1.54) is 0 Å². The van der Waals surface area contributed by atoms with Gasteiger partial charge in [-0.1, -0.05) is 42.5 Å². The third-order valence-electron chi connectivity index (χ3n) is 4.98. The Labute approximate surface area is 169 Å². The quantitative estimate of drug-likeness (QED) is 0.564. The summed E-state index contributed by atoms with van der Waals surface area (Å²) in [5.41, 5.74) is 5.93. The van der Waals surface area contributed by atoms with Crippen molar-refractivity contribution in [3.8, 4) is 16.9 Å². The summed E-state index contributed by atoms with van der Waals surface area (Å²) in [7, 11) is 1.63. The van der Waals surface area contributed by atoms with E-state index in [1.807, 2.05) is 68.4 Å². The molecular weight excluding hydrogens is 364 g/mol. The topological polar surface area (TPSA) is 68.5 Å². The van der Waals surface area contributed by atoms with E-state index < -0.39 is 0 Å². The van der Waals surface area contributed by atoms with Crippen LogP contribution in [0.2, 0.25) is 0 Å². The Bertz CT molecular complexity index is 1170. The Morgan fingerprint density at radius 1 is 1.07 bits per heavy atom. The molecule has 0 bridgehead atoms. The monoisotopic (exact) mass is 386 g/mol. The zero-order valence-corrected chi connectivity index (χ0v) is 16.6. The van der Waals surface area contributed by atoms with Gasteiger partial charge in [0.25, 0.3) is 5.91 Å². The number of aryl methyl sites for hydroxylation is 2. The summed E-state index contributed by atoms with van der Waals surface area (Å²) in [4.78, 5) is 17.3. The molecule has 1 N–H and O–H groups in total. The Kier molecular flexibility index (Phi) is 4.99. The fourth-order valence-corrected chi connectivity index (χ4v) is 3.39. The first kappa shape index (κ1) is 18.7. The number of nitrogens with one attached hydrogen (secondary N) is 1. The number of aromatic nitrogens is 3. The lowest BCUT2D eigenvalue weighted by Crippen LogP contribution is -2.24. The molecule has 6 nitrogen and oxygen atoms in total. The van der Waals surface area contributed by atoms with Gasteiger partial charge in [-0.15, -0.1) is 0 Å². The number of carbonyl (C=O) groups excluding carboxylic acids is 1. The van der Waals surface area contributed by atoms with Crippen molar-refractivity contribution in [1.82, 2.24) is 19.9 Å². The first-order valence-electron chi connectivity index (χ1n) is 9.40. The lowest BCUT2D eigenvalue weighted by molar-refractivity contribution is 0.0949. The number of nitrogens with zero attached hydrogens (tertiary/aromatic N) is 3. The Morgan fingerprint density at radius 3 is 2.48 bits per heavy atom. The van der Waals surface area contributed by atoms with Crippen LogP contribution < -0.4 is 10.1 Å². The van der Waals surface area contributed by atoms with E-state index in [1.54, 1.807) is 17.8 Å². The highest BCUT2D eigenvalue weighted by molar-refractivity contribution is 5.95. The van der Waals surface area contributed by atoms with Crippen molar-refractivity contribution in [1.29, 1.82) is 0 Å². The summed E-state index contributed by atoms with van der Waals surface area (Å²) in [6, 6.07) is 17.6. The Morgan fingerprint density at radius 2 is 1.79 bits per heavy atom. The smallest absolute Gasteiger partial charge is 0.254 e. The third-order valence-corrected chi connectivity index (χ3v) is 4.98. The van der Waals surface area contributed by atoms with Crippen molar-refractivity contribution in [2.45, 2.75) is 20.4 Å². The first-order valence-corrected chi connectivity index (χ1v) is 9.40. The van der Waals surface area contributed by atoms with Crippen LogP contribution in [-0.2, 0) is 6.54 Å². The molecule has 0 fully saturated rings. The maximum Gasteiger partial charge on any atom is 0.254 e. The second-order valence-corrected chi connectivity index (χ2v) is 6.85. The normalized spacial score (nSPS) is 10.9. The predicted octanol–water partition coefficient (Wildman–Crippen LogP) is 3.95. The fourth-order valence-electron chi connectivity index (χ4n) is 3.39. The number of hydrogen-bond donors (Lipinski definition) is 1. The number of rotatable bonds is 5. The number of methoxy groups -OCH3 is 1. The molecule has 146 valence electrons. The SMILES string of the molecule is COc1ccc(CNC(=O)c2cnc3c(-c4ccccc4)c(C)nn3c2C)cc1. The Balaban J connectivity index is 1.61. The molecule has 4 aromatic rings. The molecule has 1 amide bonds. The number of benzene rings is 2. The van der Waals surface area contributed by atoms with Gasteiger partial charge in [0.1, 0.15) is 5.75 Å². The fraction of sp³-hybridized carbons (Fsp3) is 0.174. The summed E-state index contributed by atoms with van der Waals surface area (Å²) in [6.45, 7) is 4.27. The van der Waals surface area contributed by atoms with Crippen LogP contribution in [0, 0.1) is 13.8 Å². The van der Waals surface area contributed by atoms with Gasteiger partial charge in [-0.05, 0) is 37.1 Å². The molecule has 0 spiro atoms. The molecule has 2 heterocycles. The van der Waals surface area contributed by atoms with Gasteiger partial charge in [0.15, 0.2) is 5.65 Å². The standard InChI is InChI=1S/C23H22N4O2/c1-15-21(18-7-5-4-6-8-18)22-24-14-20(16(2)27(22)26-15)23(28)25-13-17-9-11-19(29-3)12-10-17/h4-12,14H,13H2,1-3H3,(H,25,28). The molecule has 2 aromatic heterocycles. The Hall–Kier alpha value is -3.67. The van der Waals surface area contributed by atoms with Crippen LogP contribution in [0.25, 0.3) is 16.8 Å². The summed E-state index contributed by atoms with van der Waals surface area (Å²) < 4.78 is 6.91. The van der Waals surface area contributed by atoms with Crippen LogP contribution in [0.4, 0.5) is 0 Å². The molecule has 29 heavy (non-hydrogen) atoms. The van der Waals surface area contributed by atoms with E-state index in [0.29, 0.717) is 12.1 Å². The van der Waals surface area contributed by atoms with Crippen molar-refractivity contribution in [3.63, 3.8) is 0 Å². The van der Waals surface area contributed by atoms with Gasteiger partial charge in [-0.3, -0.25) is 4.79 Å². The molecule has 0 unspecified atom stereocenters. The second kappa shape index (κ2) is 7.75. The number of hydrogen-bond acceptors (Lipinski definition) is 4. The van der Waals surface area contributed by atoms with Crippen LogP contribution >= 0.6 is 0 Å². The van der Waals surface area contributed by atoms with Gasteiger partial charge in [-0.25, -0.2) is 9.50 Å². The van der Waals surface area contributed by atoms with Crippen LogP contribution in [0.1, 0.15) is 27.3 Å². The molecule has 6 heteroatoms.